The summed E-state index contributed by atoms with van der Waals surface area (Å²) in [6, 6.07) is 9.50. The van der Waals surface area contributed by atoms with Gasteiger partial charge in [0.15, 0.2) is 5.11 Å². The minimum atomic E-state index is -4.75. The third-order valence-electron chi connectivity index (χ3n) is 11.9. The van der Waals surface area contributed by atoms with Crippen molar-refractivity contribution in [3.63, 3.8) is 0 Å². The number of aromatic nitrogens is 1. The molecule has 3 aliphatic heterocycles. The van der Waals surface area contributed by atoms with Crippen LogP contribution in [0.3, 0.4) is 0 Å². The number of aryl methyl sites for hydroxylation is 1. The molecule has 3 atom stereocenters. The van der Waals surface area contributed by atoms with E-state index in [1.807, 2.05) is 17.0 Å². The summed E-state index contributed by atoms with van der Waals surface area (Å²) in [7, 11) is 0. The smallest absolute Gasteiger partial charge is 0.377 e. The number of nitriles is 1. The van der Waals surface area contributed by atoms with Gasteiger partial charge in [-0.3, -0.25) is 39.4 Å². The third-order valence-corrected chi connectivity index (χ3v) is 12.3. The summed E-state index contributed by atoms with van der Waals surface area (Å²) in [6.07, 6.45) is 3.94. The minimum absolute atomic E-state index is 0.00691. The molecule has 0 spiro atoms. The lowest BCUT2D eigenvalue weighted by Gasteiger charge is -2.45. The number of rotatable bonds is 12. The number of hydrogen-bond donors (Lipinski definition) is 1. The summed E-state index contributed by atoms with van der Waals surface area (Å²) in [5, 5.41) is 11.8. The van der Waals surface area contributed by atoms with E-state index in [-0.39, 0.29) is 40.7 Å². The highest BCUT2D eigenvalue weighted by Crippen LogP contribution is 2.41. The van der Waals surface area contributed by atoms with Gasteiger partial charge in [-0.2, -0.15) is 18.4 Å². The Bertz CT molecular complexity index is 1830. The molecule has 1 unspecified atom stereocenters. The van der Waals surface area contributed by atoms with E-state index < -0.39 is 28.7 Å². The van der Waals surface area contributed by atoms with Crippen molar-refractivity contribution in [2.75, 3.05) is 37.7 Å². The normalized spacial score (nSPS) is 26.4. The molecule has 3 amide bonds. The van der Waals surface area contributed by atoms with Gasteiger partial charge in [0.25, 0.3) is 5.91 Å². The van der Waals surface area contributed by atoms with E-state index in [1.54, 1.807) is 26.1 Å². The van der Waals surface area contributed by atoms with Gasteiger partial charge in [-0.1, -0.05) is 0 Å². The van der Waals surface area contributed by atoms with Crippen LogP contribution in [-0.4, -0.2) is 105 Å². The van der Waals surface area contributed by atoms with Crippen molar-refractivity contribution in [2.24, 2.45) is 0 Å². The average molecular weight is 796 g/mol. The lowest BCUT2D eigenvalue weighted by molar-refractivity contribution is -0.138. The fraction of sp³-hybridized carbons (Fsp3) is 0.610. The molecule has 2 aromatic rings. The highest BCUT2D eigenvalue weighted by atomic mass is 32.1. The predicted octanol–water partition coefficient (Wildman–Crippen LogP) is 5.95. The van der Waals surface area contributed by atoms with Gasteiger partial charge in [-0.15, -0.1) is 0 Å². The number of carbonyl (C=O) groups excluding carboxylic acids is 3. The summed E-state index contributed by atoms with van der Waals surface area (Å²) in [5.74, 6) is -1.13. The lowest BCUT2D eigenvalue weighted by atomic mass is 9.89. The molecule has 15 heteroatoms. The van der Waals surface area contributed by atoms with Crippen LogP contribution in [0.15, 0.2) is 36.5 Å². The second-order valence-corrected chi connectivity index (χ2v) is 16.6. The number of carbonyl (C=O) groups is 3. The van der Waals surface area contributed by atoms with Crippen LogP contribution in [0.25, 0.3) is 0 Å². The van der Waals surface area contributed by atoms with E-state index >= 15 is 0 Å². The van der Waals surface area contributed by atoms with Crippen molar-refractivity contribution < 1.29 is 32.3 Å². The van der Waals surface area contributed by atoms with Crippen LogP contribution < -0.4 is 10.2 Å². The van der Waals surface area contributed by atoms with Gasteiger partial charge in [-0.05, 0) is 134 Å². The maximum absolute atomic E-state index is 13.7. The molecule has 6 rings (SSSR count). The standard InChI is InChI=1S/C41H52F3N7O4S/c1-26-24-48(25-27(2)49(26)18-6-5-7-30-21-28(16-17-46-30)34-14-15-36(52)47-37(34)53)19-20-55-33-12-10-31(11-13-33)51-39(56)50(38(54)40(51,3)4)32-9-8-29(23-45)35(22-32)41(42,43)44/h8-9,16-17,21-22,26-27,31,33-34H,5-7,10-15,18-20,24-25H2,1-4H3,(H,47,52,53)/t26-,27+,31?,33?,34?. The number of piperazine rings is 1. The monoisotopic (exact) mass is 795 g/mol. The Morgan fingerprint density at radius 1 is 1.00 bits per heavy atom. The largest absolute Gasteiger partial charge is 0.417 e. The first-order chi connectivity index (χ1) is 26.6. The number of halogens is 3. The Hall–Kier alpha value is -3.97. The molecule has 302 valence electrons. The van der Waals surface area contributed by atoms with Crippen molar-refractivity contribution in [1.82, 2.24) is 25.0 Å². The van der Waals surface area contributed by atoms with Crippen LogP contribution in [-0.2, 0) is 31.7 Å². The van der Waals surface area contributed by atoms with Gasteiger partial charge in [0.1, 0.15) is 5.54 Å². The number of pyridine rings is 1. The SMILES string of the molecule is C[C@@H]1CN(CCOC2CCC(N3C(=S)N(c4ccc(C#N)c(C(F)(F)F)c4)C(=O)C3(C)C)CC2)C[C@H](C)N1CCCCc1cc(C2CCC(=O)NC2=O)ccn1. The number of anilines is 1. The first-order valence-corrected chi connectivity index (χ1v) is 20.2. The predicted molar refractivity (Wildman–Crippen MR) is 209 cm³/mol. The summed E-state index contributed by atoms with van der Waals surface area (Å²) < 4.78 is 47.6. The van der Waals surface area contributed by atoms with Crippen LogP contribution in [0.5, 0.6) is 0 Å². The number of piperidine rings is 1. The zero-order chi connectivity index (χ0) is 40.4. The molecule has 1 aliphatic carbocycles. The Kier molecular flexibility index (Phi) is 12.8. The number of nitrogens with one attached hydrogen (secondary N) is 1. The number of ether oxygens (including phenoxy) is 1. The molecule has 1 N–H and O–H groups in total. The van der Waals surface area contributed by atoms with Crippen molar-refractivity contribution in [3.8, 4) is 6.07 Å². The van der Waals surface area contributed by atoms with E-state index in [2.05, 4.69) is 33.9 Å². The number of alkyl halides is 3. The molecule has 0 bridgehead atoms. The van der Waals surface area contributed by atoms with E-state index in [0.29, 0.717) is 31.5 Å². The van der Waals surface area contributed by atoms with Crippen molar-refractivity contribution in [2.45, 2.75) is 127 Å². The van der Waals surface area contributed by atoms with Crippen LogP contribution in [0, 0.1) is 11.3 Å². The molecule has 1 aromatic heterocycles. The molecule has 11 nitrogen and oxygen atoms in total. The van der Waals surface area contributed by atoms with Crippen molar-refractivity contribution in [3.05, 3.63) is 58.9 Å². The molecule has 1 aromatic carbocycles. The van der Waals surface area contributed by atoms with Crippen molar-refractivity contribution in [1.29, 1.82) is 5.26 Å². The molecular formula is C41H52F3N7O4S. The average Bonchev–Trinajstić information content (AvgIpc) is 3.32. The van der Waals surface area contributed by atoms with E-state index in [4.69, 9.17) is 17.0 Å². The number of imide groups is 1. The Labute approximate surface area is 332 Å². The van der Waals surface area contributed by atoms with Gasteiger partial charge in [0, 0.05) is 56.1 Å². The summed E-state index contributed by atoms with van der Waals surface area (Å²) in [6.45, 7) is 12.5. The highest BCUT2D eigenvalue weighted by Gasteiger charge is 2.52. The second-order valence-electron chi connectivity index (χ2n) is 16.2. The molecular weight excluding hydrogens is 744 g/mol. The summed E-state index contributed by atoms with van der Waals surface area (Å²) in [5.41, 5.74) is -0.733. The van der Waals surface area contributed by atoms with Gasteiger partial charge in [-0.25, -0.2) is 0 Å². The maximum Gasteiger partial charge on any atom is 0.417 e. The van der Waals surface area contributed by atoms with E-state index in [0.717, 1.165) is 94.5 Å². The van der Waals surface area contributed by atoms with Crippen LogP contribution >= 0.6 is 12.2 Å². The minimum Gasteiger partial charge on any atom is -0.377 e. The molecule has 0 radical (unpaired) electrons. The van der Waals surface area contributed by atoms with Gasteiger partial charge in [0.05, 0.1) is 41.5 Å². The molecule has 4 aliphatic rings. The number of hydrogen-bond acceptors (Lipinski definition) is 9. The van der Waals surface area contributed by atoms with E-state index in [9.17, 15) is 32.8 Å². The van der Waals surface area contributed by atoms with Gasteiger partial charge >= 0.3 is 6.18 Å². The van der Waals surface area contributed by atoms with Gasteiger partial charge < -0.3 is 9.64 Å². The molecule has 1 saturated carbocycles. The quantitative estimate of drug-likeness (QED) is 0.157. The number of amides is 3. The second kappa shape index (κ2) is 17.3. The number of thiocarbonyl (C=S) groups is 1. The van der Waals surface area contributed by atoms with Gasteiger partial charge in [0.2, 0.25) is 11.8 Å². The summed E-state index contributed by atoms with van der Waals surface area (Å²) >= 11 is 5.75. The zero-order valence-electron chi connectivity index (χ0n) is 32.6. The maximum atomic E-state index is 13.7. The fourth-order valence-corrected chi connectivity index (χ4v) is 9.59. The highest BCUT2D eigenvalue weighted by molar-refractivity contribution is 7.80. The third kappa shape index (κ3) is 9.09. The zero-order valence-corrected chi connectivity index (χ0v) is 33.4. The molecule has 4 fully saturated rings. The Balaban J connectivity index is 0.920. The fourth-order valence-electron chi connectivity index (χ4n) is 9.02. The summed E-state index contributed by atoms with van der Waals surface area (Å²) in [4.78, 5) is 50.1. The van der Waals surface area contributed by atoms with Crippen LogP contribution in [0.4, 0.5) is 18.9 Å². The van der Waals surface area contributed by atoms with Crippen molar-refractivity contribution >= 4 is 40.7 Å². The van der Waals surface area contributed by atoms with Crippen LogP contribution in [0.2, 0.25) is 0 Å². The first-order valence-electron chi connectivity index (χ1n) is 19.8. The Morgan fingerprint density at radius 3 is 2.38 bits per heavy atom. The first kappa shape index (κ1) is 41.7. The Morgan fingerprint density at radius 2 is 1.71 bits per heavy atom. The van der Waals surface area contributed by atoms with E-state index in [1.165, 1.54) is 11.0 Å². The number of unbranched alkanes of at least 4 members (excludes halogenated alkanes) is 1. The topological polar surface area (TPSA) is 122 Å². The number of benzene rings is 1. The molecule has 3 saturated heterocycles. The molecule has 4 heterocycles. The van der Waals surface area contributed by atoms with Crippen LogP contribution in [0.1, 0.15) is 107 Å². The molecule has 56 heavy (non-hydrogen) atoms. The lowest BCUT2D eigenvalue weighted by Crippen LogP contribution is -2.57. The number of nitrogens with zero attached hydrogens (tertiary/aromatic N) is 6.